The maximum atomic E-state index is 11.8. The van der Waals surface area contributed by atoms with Gasteiger partial charge in [-0.15, -0.1) is 0 Å². The quantitative estimate of drug-likeness (QED) is 0.541. The highest BCUT2D eigenvalue weighted by atomic mass is 16.5. The molecule has 2 aliphatic carbocycles. The van der Waals surface area contributed by atoms with Crippen LogP contribution in [0.2, 0.25) is 0 Å². The summed E-state index contributed by atoms with van der Waals surface area (Å²) in [6.45, 7) is 6.84. The highest BCUT2D eigenvalue weighted by Crippen LogP contribution is 2.48. The molecule has 0 amide bonds. The van der Waals surface area contributed by atoms with Crippen molar-refractivity contribution < 1.29 is 9.53 Å². The zero-order valence-electron chi connectivity index (χ0n) is 13.4. The highest BCUT2D eigenvalue weighted by molar-refractivity contribution is 5.75. The molecule has 2 atom stereocenters. The maximum Gasteiger partial charge on any atom is 0.312 e. The summed E-state index contributed by atoms with van der Waals surface area (Å²) in [6, 6.07) is 0. The van der Waals surface area contributed by atoms with Gasteiger partial charge in [0.05, 0.1) is 12.5 Å². The van der Waals surface area contributed by atoms with Gasteiger partial charge in [0.15, 0.2) is 0 Å². The molecule has 0 unspecified atom stereocenters. The molecule has 20 heavy (non-hydrogen) atoms. The molecule has 0 radical (unpaired) electrons. The van der Waals surface area contributed by atoms with E-state index < -0.39 is 0 Å². The van der Waals surface area contributed by atoms with E-state index in [9.17, 15) is 4.79 Å². The number of ether oxygens (including phenoxy) is 1. The van der Waals surface area contributed by atoms with Crippen molar-refractivity contribution in [2.45, 2.75) is 72.1 Å². The van der Waals surface area contributed by atoms with Gasteiger partial charge in [0.2, 0.25) is 0 Å². The summed E-state index contributed by atoms with van der Waals surface area (Å²) in [5.41, 5.74) is 1.85. The lowest BCUT2D eigenvalue weighted by Gasteiger charge is -2.42. The van der Waals surface area contributed by atoms with Crippen LogP contribution in [0.25, 0.3) is 0 Å². The summed E-state index contributed by atoms with van der Waals surface area (Å²) in [4.78, 5) is 11.8. The number of esters is 1. The van der Waals surface area contributed by atoms with Gasteiger partial charge in [-0.05, 0) is 57.3 Å². The van der Waals surface area contributed by atoms with Gasteiger partial charge in [0.25, 0.3) is 0 Å². The number of hydrogen-bond donors (Lipinski definition) is 0. The minimum Gasteiger partial charge on any atom is -0.466 e. The van der Waals surface area contributed by atoms with E-state index in [0.717, 1.165) is 18.8 Å². The highest BCUT2D eigenvalue weighted by Gasteiger charge is 2.36. The number of allylic oxidation sites excluding steroid dienone is 1. The molecule has 0 aromatic carbocycles. The first kappa shape index (κ1) is 15.6. The first-order valence-corrected chi connectivity index (χ1v) is 8.42. The van der Waals surface area contributed by atoms with Crippen LogP contribution < -0.4 is 0 Å². The zero-order chi connectivity index (χ0) is 14.6. The van der Waals surface area contributed by atoms with E-state index in [1.54, 1.807) is 0 Å². The molecule has 1 fully saturated rings. The largest absolute Gasteiger partial charge is 0.466 e. The molecule has 0 spiro atoms. The Hall–Kier alpha value is -0.790. The maximum absolute atomic E-state index is 11.8. The molecule has 2 nitrogen and oxygen atoms in total. The average Bonchev–Trinajstić information content (AvgIpc) is 2.48. The Bertz CT molecular complexity index is 364. The van der Waals surface area contributed by atoms with Crippen LogP contribution in [0.1, 0.15) is 72.1 Å². The molecule has 0 aromatic rings. The van der Waals surface area contributed by atoms with Gasteiger partial charge in [0, 0.05) is 0 Å². The smallest absolute Gasteiger partial charge is 0.312 e. The van der Waals surface area contributed by atoms with Crippen LogP contribution in [0.4, 0.5) is 0 Å². The summed E-state index contributed by atoms with van der Waals surface area (Å²) in [5.74, 6) is 0.720. The third kappa shape index (κ3) is 3.45. The summed E-state index contributed by atoms with van der Waals surface area (Å²) in [6.07, 6.45) is 12.9. The molecule has 0 heterocycles. The van der Waals surface area contributed by atoms with E-state index >= 15 is 0 Å². The van der Waals surface area contributed by atoms with E-state index in [4.69, 9.17) is 4.74 Å². The Kier molecular flexibility index (Phi) is 5.29. The normalized spacial score (nSPS) is 27.6. The molecule has 0 aliphatic heterocycles. The van der Waals surface area contributed by atoms with Gasteiger partial charge in [-0.25, -0.2) is 0 Å². The Morgan fingerprint density at radius 3 is 2.65 bits per heavy atom. The standard InChI is InChI=1S/C18H30O2/c1-4-20-17(19)14(2)15-8-10-16(11-9-15)18(3)12-6-5-7-13-18/h8,14,16H,4-7,9-13H2,1-3H3/t14-,16-/m0/s1. The fourth-order valence-corrected chi connectivity index (χ4v) is 4.07. The Balaban J connectivity index is 1.94. The van der Waals surface area contributed by atoms with Crippen LogP contribution in [-0.4, -0.2) is 12.6 Å². The van der Waals surface area contributed by atoms with Crippen LogP contribution in [0.5, 0.6) is 0 Å². The van der Waals surface area contributed by atoms with Crippen LogP contribution >= 0.6 is 0 Å². The van der Waals surface area contributed by atoms with E-state index in [1.165, 1.54) is 44.1 Å². The minimum absolute atomic E-state index is 0.0462. The van der Waals surface area contributed by atoms with Crippen LogP contribution in [0.15, 0.2) is 11.6 Å². The monoisotopic (exact) mass is 278 g/mol. The Morgan fingerprint density at radius 1 is 1.40 bits per heavy atom. The summed E-state index contributed by atoms with van der Waals surface area (Å²) in [7, 11) is 0. The van der Waals surface area contributed by atoms with Crippen molar-refractivity contribution in [3.63, 3.8) is 0 Å². The predicted octanol–water partition coefficient (Wildman–Crippen LogP) is 4.88. The lowest BCUT2D eigenvalue weighted by Crippen LogP contribution is -2.31. The zero-order valence-corrected chi connectivity index (χ0v) is 13.4. The van der Waals surface area contributed by atoms with E-state index in [1.807, 2.05) is 13.8 Å². The van der Waals surface area contributed by atoms with Crippen LogP contribution in [0, 0.1) is 17.3 Å². The van der Waals surface area contributed by atoms with Crippen molar-refractivity contribution in [2.24, 2.45) is 17.3 Å². The molecule has 1 saturated carbocycles. The SMILES string of the molecule is CCOC(=O)[C@@H](C)C1=CC[C@H](C2(C)CCCCC2)CC1. The molecule has 0 saturated heterocycles. The van der Waals surface area contributed by atoms with Crippen molar-refractivity contribution in [1.82, 2.24) is 0 Å². The topological polar surface area (TPSA) is 26.3 Å². The van der Waals surface area contributed by atoms with Crippen LogP contribution in [-0.2, 0) is 9.53 Å². The van der Waals surface area contributed by atoms with Crippen molar-refractivity contribution in [3.8, 4) is 0 Å². The number of carbonyl (C=O) groups is 1. The molecule has 114 valence electrons. The first-order chi connectivity index (χ1) is 9.57. The lowest BCUT2D eigenvalue weighted by atomic mass is 9.63. The fraction of sp³-hybridized carbons (Fsp3) is 0.833. The lowest BCUT2D eigenvalue weighted by molar-refractivity contribution is -0.146. The third-order valence-corrected chi connectivity index (χ3v) is 5.62. The molecular formula is C18H30O2. The van der Waals surface area contributed by atoms with E-state index in [-0.39, 0.29) is 11.9 Å². The molecule has 0 bridgehead atoms. The fourth-order valence-electron chi connectivity index (χ4n) is 4.07. The number of carbonyl (C=O) groups excluding carboxylic acids is 1. The molecule has 0 N–H and O–H groups in total. The second-order valence-corrected chi connectivity index (χ2v) is 6.94. The van der Waals surface area contributed by atoms with Crippen molar-refractivity contribution in [1.29, 1.82) is 0 Å². The van der Waals surface area contributed by atoms with Gasteiger partial charge in [-0.2, -0.15) is 0 Å². The molecule has 2 aliphatic rings. The third-order valence-electron chi connectivity index (χ3n) is 5.62. The Morgan fingerprint density at radius 2 is 2.10 bits per heavy atom. The molecular weight excluding hydrogens is 248 g/mol. The van der Waals surface area contributed by atoms with E-state index in [0.29, 0.717) is 12.0 Å². The summed E-state index contributed by atoms with van der Waals surface area (Å²) >= 11 is 0. The van der Waals surface area contributed by atoms with Gasteiger partial charge in [-0.1, -0.05) is 37.8 Å². The van der Waals surface area contributed by atoms with Gasteiger partial charge in [-0.3, -0.25) is 4.79 Å². The summed E-state index contributed by atoms with van der Waals surface area (Å²) < 4.78 is 5.14. The van der Waals surface area contributed by atoms with Crippen molar-refractivity contribution >= 4 is 5.97 Å². The molecule has 2 rings (SSSR count). The van der Waals surface area contributed by atoms with Crippen molar-refractivity contribution in [3.05, 3.63) is 11.6 Å². The molecule has 0 aromatic heterocycles. The van der Waals surface area contributed by atoms with Crippen molar-refractivity contribution in [2.75, 3.05) is 6.61 Å². The van der Waals surface area contributed by atoms with E-state index in [2.05, 4.69) is 13.0 Å². The number of rotatable bonds is 4. The number of hydrogen-bond acceptors (Lipinski definition) is 2. The Labute approximate surface area is 124 Å². The van der Waals surface area contributed by atoms with Gasteiger partial charge < -0.3 is 4.74 Å². The predicted molar refractivity (Wildman–Crippen MR) is 82.4 cm³/mol. The average molecular weight is 278 g/mol. The molecule has 2 heteroatoms. The second-order valence-electron chi connectivity index (χ2n) is 6.94. The van der Waals surface area contributed by atoms with Crippen LogP contribution in [0.3, 0.4) is 0 Å². The first-order valence-electron chi connectivity index (χ1n) is 8.42. The van der Waals surface area contributed by atoms with Gasteiger partial charge in [0.1, 0.15) is 0 Å². The minimum atomic E-state index is -0.0546. The van der Waals surface area contributed by atoms with Gasteiger partial charge >= 0.3 is 5.97 Å². The summed E-state index contributed by atoms with van der Waals surface area (Å²) in [5, 5.41) is 0. The second kappa shape index (κ2) is 6.78.